The van der Waals surface area contributed by atoms with Gasteiger partial charge in [0.15, 0.2) is 8.32 Å². The zero-order valence-corrected chi connectivity index (χ0v) is 21.2. The minimum atomic E-state index is -2.12. The molecule has 2 rings (SSSR count). The molecule has 174 valence electrons. The molecule has 1 aliphatic rings. The highest BCUT2D eigenvalue weighted by molar-refractivity contribution is 6.74. The van der Waals surface area contributed by atoms with Gasteiger partial charge in [0, 0.05) is 6.54 Å². The number of rotatable bonds is 5. The van der Waals surface area contributed by atoms with Crippen LogP contribution in [0.25, 0.3) is 0 Å². The molecule has 2 atom stereocenters. The van der Waals surface area contributed by atoms with E-state index in [-0.39, 0.29) is 23.8 Å². The molecule has 0 aromatic heterocycles. The first-order valence-electron chi connectivity index (χ1n) is 10.8. The molecule has 8 heteroatoms. The number of likely N-dealkylation sites (tertiary alicyclic amines) is 1. The number of ether oxygens (including phenoxy) is 2. The normalized spacial score (nSPS) is 19.8. The Kier molecular flexibility index (Phi) is 7.81. The van der Waals surface area contributed by atoms with E-state index < -0.39 is 26.1 Å². The molecule has 7 nitrogen and oxygen atoms in total. The molecule has 0 bridgehead atoms. The fourth-order valence-corrected chi connectivity index (χ4v) is 4.33. The Bertz CT molecular complexity index is 755. The predicted molar refractivity (Wildman–Crippen MR) is 123 cm³/mol. The van der Waals surface area contributed by atoms with Crippen LogP contribution in [0.3, 0.4) is 0 Å². The van der Waals surface area contributed by atoms with Gasteiger partial charge in [0.25, 0.3) is 0 Å². The molecule has 1 aromatic rings. The van der Waals surface area contributed by atoms with Gasteiger partial charge in [-0.2, -0.15) is 0 Å². The highest BCUT2D eigenvalue weighted by Gasteiger charge is 2.45. The van der Waals surface area contributed by atoms with Crippen LogP contribution in [-0.4, -0.2) is 56.2 Å². The summed E-state index contributed by atoms with van der Waals surface area (Å²) >= 11 is 0. The van der Waals surface area contributed by atoms with Crippen molar-refractivity contribution in [1.29, 1.82) is 0 Å². The molecule has 0 aliphatic carbocycles. The van der Waals surface area contributed by atoms with Gasteiger partial charge in [-0.05, 0) is 44.5 Å². The van der Waals surface area contributed by atoms with Gasteiger partial charge in [-0.25, -0.2) is 9.59 Å². The summed E-state index contributed by atoms with van der Waals surface area (Å²) in [6, 6.07) is 9.14. The summed E-state index contributed by atoms with van der Waals surface area (Å²) in [7, 11) is -2.12. The molecule has 0 unspecified atom stereocenters. The van der Waals surface area contributed by atoms with Gasteiger partial charge in [-0.3, -0.25) is 0 Å². The lowest BCUT2D eigenvalue weighted by atomic mass is 10.2. The maximum atomic E-state index is 12.6. The number of hydrogen-bond donors (Lipinski definition) is 1. The monoisotopic (exact) mass is 450 g/mol. The van der Waals surface area contributed by atoms with E-state index in [0.717, 1.165) is 5.56 Å². The Balaban J connectivity index is 2.07. The summed E-state index contributed by atoms with van der Waals surface area (Å²) < 4.78 is 17.5. The Hall–Kier alpha value is -2.06. The Morgan fingerprint density at radius 2 is 1.68 bits per heavy atom. The van der Waals surface area contributed by atoms with Gasteiger partial charge in [-0.1, -0.05) is 51.1 Å². The molecule has 0 radical (unpaired) electrons. The minimum absolute atomic E-state index is 0.00467. The smallest absolute Gasteiger partial charge is 0.410 e. The van der Waals surface area contributed by atoms with Gasteiger partial charge in [-0.15, -0.1) is 0 Å². The number of nitrogens with zero attached hydrogens (tertiary/aromatic N) is 1. The van der Waals surface area contributed by atoms with Crippen LogP contribution >= 0.6 is 0 Å². The van der Waals surface area contributed by atoms with Crippen LogP contribution in [0.4, 0.5) is 9.59 Å². The second-order valence-electron chi connectivity index (χ2n) is 10.6. The number of benzene rings is 1. The highest BCUT2D eigenvalue weighted by Crippen LogP contribution is 2.38. The zero-order chi connectivity index (χ0) is 23.4. The lowest BCUT2D eigenvalue weighted by Crippen LogP contribution is -2.51. The minimum Gasteiger partial charge on any atom is -0.445 e. The Morgan fingerprint density at radius 3 is 2.23 bits per heavy atom. The summed E-state index contributed by atoms with van der Waals surface area (Å²) in [4.78, 5) is 26.7. The molecule has 0 saturated carbocycles. The summed E-state index contributed by atoms with van der Waals surface area (Å²) in [5.74, 6) is 0. The van der Waals surface area contributed by atoms with Crippen molar-refractivity contribution >= 4 is 20.5 Å². The molecule has 1 aliphatic heterocycles. The summed E-state index contributed by atoms with van der Waals surface area (Å²) in [5.41, 5.74) is 0.320. The van der Waals surface area contributed by atoms with Gasteiger partial charge in [0.05, 0.1) is 18.7 Å². The van der Waals surface area contributed by atoms with E-state index in [1.807, 2.05) is 51.1 Å². The fourth-order valence-electron chi connectivity index (χ4n) is 2.98. The van der Waals surface area contributed by atoms with Crippen molar-refractivity contribution in [2.75, 3.05) is 13.1 Å². The third kappa shape index (κ3) is 7.54. The third-order valence-electron chi connectivity index (χ3n) is 5.69. The van der Waals surface area contributed by atoms with Crippen LogP contribution in [0.1, 0.15) is 47.1 Å². The van der Waals surface area contributed by atoms with Gasteiger partial charge in [0.1, 0.15) is 12.2 Å². The van der Waals surface area contributed by atoms with Crippen molar-refractivity contribution in [1.82, 2.24) is 10.2 Å². The lowest BCUT2D eigenvalue weighted by Gasteiger charge is -2.39. The quantitative estimate of drug-likeness (QED) is 0.644. The maximum Gasteiger partial charge on any atom is 0.410 e. The topological polar surface area (TPSA) is 77.1 Å². The average molecular weight is 451 g/mol. The van der Waals surface area contributed by atoms with Crippen LogP contribution in [0, 0.1) is 0 Å². The van der Waals surface area contributed by atoms with Gasteiger partial charge in [0.2, 0.25) is 0 Å². The number of hydrogen-bond acceptors (Lipinski definition) is 5. The first-order valence-corrected chi connectivity index (χ1v) is 13.7. The van der Waals surface area contributed by atoms with Gasteiger partial charge < -0.3 is 24.1 Å². The van der Waals surface area contributed by atoms with Crippen LogP contribution in [-0.2, 0) is 20.5 Å². The molecule has 1 fully saturated rings. The number of carbonyl (C=O) groups is 2. The molecule has 1 heterocycles. The van der Waals surface area contributed by atoms with Crippen LogP contribution in [0.15, 0.2) is 30.3 Å². The number of amides is 2. The van der Waals surface area contributed by atoms with E-state index in [2.05, 4.69) is 39.2 Å². The Morgan fingerprint density at radius 1 is 1.06 bits per heavy atom. The first-order chi connectivity index (χ1) is 14.2. The third-order valence-corrected chi connectivity index (χ3v) is 10.2. The number of carbonyl (C=O) groups excluding carboxylic acids is 2. The number of alkyl carbamates (subject to hydrolysis) is 1. The van der Waals surface area contributed by atoms with Gasteiger partial charge >= 0.3 is 12.2 Å². The van der Waals surface area contributed by atoms with E-state index >= 15 is 0 Å². The van der Waals surface area contributed by atoms with E-state index in [9.17, 15) is 9.59 Å². The highest BCUT2D eigenvalue weighted by atomic mass is 28.4. The molecule has 1 saturated heterocycles. The van der Waals surface area contributed by atoms with Crippen LogP contribution < -0.4 is 5.32 Å². The molecule has 1 N–H and O–H groups in total. The van der Waals surface area contributed by atoms with E-state index in [0.29, 0.717) is 13.1 Å². The van der Waals surface area contributed by atoms with Crippen molar-refractivity contribution in [3.63, 3.8) is 0 Å². The Labute approximate surface area is 187 Å². The second kappa shape index (κ2) is 9.61. The predicted octanol–water partition coefficient (Wildman–Crippen LogP) is 4.92. The largest absolute Gasteiger partial charge is 0.445 e. The van der Waals surface area contributed by atoms with Crippen molar-refractivity contribution < 1.29 is 23.5 Å². The molecule has 1 aromatic carbocycles. The number of nitrogens with one attached hydrogen (secondary N) is 1. The molecular weight excluding hydrogens is 412 g/mol. The summed E-state index contributed by atoms with van der Waals surface area (Å²) in [6.45, 7) is 17.2. The molecule has 31 heavy (non-hydrogen) atoms. The van der Waals surface area contributed by atoms with Crippen molar-refractivity contribution in [2.45, 2.75) is 84.0 Å². The average Bonchev–Trinajstić information content (AvgIpc) is 3.00. The molecular formula is C23H38N2O5Si. The van der Waals surface area contributed by atoms with Crippen LogP contribution in [0.2, 0.25) is 18.1 Å². The summed E-state index contributed by atoms with van der Waals surface area (Å²) in [5, 5.41) is 2.91. The van der Waals surface area contributed by atoms with Crippen molar-refractivity contribution in [3.8, 4) is 0 Å². The lowest BCUT2D eigenvalue weighted by molar-refractivity contribution is 0.0272. The molecule has 0 spiro atoms. The van der Waals surface area contributed by atoms with E-state index in [4.69, 9.17) is 13.9 Å². The van der Waals surface area contributed by atoms with Crippen molar-refractivity contribution in [2.24, 2.45) is 0 Å². The van der Waals surface area contributed by atoms with Crippen molar-refractivity contribution in [3.05, 3.63) is 35.9 Å². The molecule has 2 amide bonds. The van der Waals surface area contributed by atoms with E-state index in [1.165, 1.54) is 0 Å². The first kappa shape index (κ1) is 25.2. The zero-order valence-electron chi connectivity index (χ0n) is 20.2. The standard InChI is InChI=1S/C23H38N2O5Si/c1-22(2,3)29-21(27)25-14-18(19(15-25)30-31(7,8)23(4,5)6)24-20(26)28-16-17-12-10-9-11-13-17/h9-13,18-19H,14-16H2,1-8H3,(H,24,26)/t18-,19+/m1/s1. The van der Waals surface area contributed by atoms with Crippen LogP contribution in [0.5, 0.6) is 0 Å². The fraction of sp³-hybridized carbons (Fsp3) is 0.652. The van der Waals surface area contributed by atoms with E-state index in [1.54, 1.807) is 4.90 Å². The SMILES string of the molecule is CC(C)(C)OC(=O)N1C[C@H](O[Si](C)(C)C(C)(C)C)[C@H](NC(=O)OCc2ccccc2)C1. The maximum absolute atomic E-state index is 12.6. The summed E-state index contributed by atoms with van der Waals surface area (Å²) in [6.07, 6.45) is -1.25. The second-order valence-corrected chi connectivity index (χ2v) is 15.4.